The molecule has 1 aliphatic heterocycles. The van der Waals surface area contributed by atoms with Crippen molar-refractivity contribution < 1.29 is 9.53 Å². The van der Waals surface area contributed by atoms with Gasteiger partial charge >= 0.3 is 0 Å². The highest BCUT2D eigenvalue weighted by molar-refractivity contribution is 5.97. The Morgan fingerprint density at radius 3 is 2.73 bits per heavy atom. The highest BCUT2D eigenvalue weighted by Gasteiger charge is 2.16. The number of carbonyl (C=O) groups is 1. The van der Waals surface area contributed by atoms with E-state index in [4.69, 9.17) is 10.5 Å². The van der Waals surface area contributed by atoms with Gasteiger partial charge in [-0.15, -0.1) is 5.10 Å². The summed E-state index contributed by atoms with van der Waals surface area (Å²) in [4.78, 5) is 13.7. The minimum atomic E-state index is -0.424. The summed E-state index contributed by atoms with van der Waals surface area (Å²) in [6.45, 7) is 5.06. The first-order valence-corrected chi connectivity index (χ1v) is 8.62. The van der Waals surface area contributed by atoms with Crippen LogP contribution >= 0.6 is 0 Å². The predicted molar refractivity (Wildman–Crippen MR) is 101 cm³/mol. The summed E-state index contributed by atoms with van der Waals surface area (Å²) in [6, 6.07) is 11.7. The Kier molecular flexibility index (Phi) is 4.26. The van der Waals surface area contributed by atoms with Crippen molar-refractivity contribution in [2.24, 2.45) is 5.73 Å². The van der Waals surface area contributed by atoms with Crippen molar-refractivity contribution in [3.63, 3.8) is 0 Å². The van der Waals surface area contributed by atoms with Crippen LogP contribution in [0.5, 0.6) is 0 Å². The van der Waals surface area contributed by atoms with Crippen molar-refractivity contribution in [2.75, 3.05) is 31.2 Å². The lowest BCUT2D eigenvalue weighted by molar-refractivity contribution is 0.100. The summed E-state index contributed by atoms with van der Waals surface area (Å²) in [6.07, 6.45) is 1.77. The zero-order valence-corrected chi connectivity index (χ0v) is 14.6. The van der Waals surface area contributed by atoms with Crippen molar-refractivity contribution in [3.05, 3.63) is 53.7 Å². The molecule has 2 N–H and O–H groups in total. The van der Waals surface area contributed by atoms with Gasteiger partial charge in [-0.2, -0.15) is 5.10 Å². The van der Waals surface area contributed by atoms with Crippen LogP contribution < -0.4 is 10.6 Å². The minimum absolute atomic E-state index is 0.424. The lowest BCUT2D eigenvalue weighted by atomic mass is 9.96. The van der Waals surface area contributed by atoms with Crippen molar-refractivity contribution in [3.8, 4) is 11.1 Å². The number of benzene rings is 2. The van der Waals surface area contributed by atoms with E-state index >= 15 is 0 Å². The molecular formula is C20H20N4O2. The first-order valence-electron chi connectivity index (χ1n) is 8.62. The monoisotopic (exact) mass is 348 g/mol. The van der Waals surface area contributed by atoms with Crippen LogP contribution in [0, 0.1) is 6.92 Å². The Labute approximate surface area is 151 Å². The molecule has 1 aromatic heterocycles. The first kappa shape index (κ1) is 16.5. The van der Waals surface area contributed by atoms with Gasteiger partial charge < -0.3 is 15.4 Å². The van der Waals surface area contributed by atoms with Crippen LogP contribution in [0.4, 0.5) is 5.82 Å². The Morgan fingerprint density at radius 2 is 1.96 bits per heavy atom. The predicted octanol–water partition coefficient (Wildman–Crippen LogP) is 2.54. The van der Waals surface area contributed by atoms with Crippen molar-refractivity contribution in [1.29, 1.82) is 0 Å². The quantitative estimate of drug-likeness (QED) is 0.787. The highest BCUT2D eigenvalue weighted by atomic mass is 16.5. The number of primary amides is 1. The van der Waals surface area contributed by atoms with Crippen molar-refractivity contribution >= 4 is 22.5 Å². The average Bonchev–Trinajstić information content (AvgIpc) is 2.68. The fourth-order valence-corrected chi connectivity index (χ4v) is 3.34. The van der Waals surface area contributed by atoms with E-state index in [9.17, 15) is 4.79 Å². The molecule has 4 rings (SSSR count). The second kappa shape index (κ2) is 6.72. The summed E-state index contributed by atoms with van der Waals surface area (Å²) in [7, 11) is 0. The summed E-state index contributed by atoms with van der Waals surface area (Å²) in [5.74, 6) is 0.465. The number of morpholine rings is 1. The number of carbonyl (C=O) groups excluding carboxylic acids is 1. The molecule has 3 aromatic rings. The maximum absolute atomic E-state index is 11.5. The fraction of sp³-hybridized carbons (Fsp3) is 0.250. The molecule has 6 nitrogen and oxygen atoms in total. The third-order valence-electron chi connectivity index (χ3n) is 4.79. The van der Waals surface area contributed by atoms with E-state index in [1.807, 2.05) is 19.1 Å². The standard InChI is InChI=1S/C20H20N4O2/c1-13-2-3-15(19(21)25)11-18(13)14-4-5-17-16(10-14)12-22-23-20(17)24-6-8-26-9-7-24/h2-5,10-12H,6-9H2,1H3,(H2,21,25). The maximum Gasteiger partial charge on any atom is 0.248 e. The number of nitrogens with zero attached hydrogens (tertiary/aromatic N) is 3. The zero-order chi connectivity index (χ0) is 18.1. The molecule has 0 radical (unpaired) electrons. The van der Waals surface area contributed by atoms with E-state index in [1.165, 1.54) is 0 Å². The van der Waals surface area contributed by atoms with Crippen LogP contribution in [0.1, 0.15) is 15.9 Å². The van der Waals surface area contributed by atoms with E-state index in [0.717, 1.165) is 46.4 Å². The number of aryl methyl sites for hydroxylation is 1. The number of ether oxygens (including phenoxy) is 1. The lowest BCUT2D eigenvalue weighted by Crippen LogP contribution is -2.37. The van der Waals surface area contributed by atoms with Crippen LogP contribution in [-0.2, 0) is 4.74 Å². The van der Waals surface area contributed by atoms with Crippen LogP contribution in [0.3, 0.4) is 0 Å². The number of rotatable bonds is 3. The molecule has 1 amide bonds. The van der Waals surface area contributed by atoms with Crippen LogP contribution in [0.25, 0.3) is 21.9 Å². The van der Waals surface area contributed by atoms with Gasteiger partial charge in [0.25, 0.3) is 0 Å². The topological polar surface area (TPSA) is 81.3 Å². The number of amides is 1. The molecule has 0 saturated carbocycles. The smallest absolute Gasteiger partial charge is 0.248 e. The van der Waals surface area contributed by atoms with Crippen LogP contribution in [0.2, 0.25) is 0 Å². The van der Waals surface area contributed by atoms with E-state index < -0.39 is 5.91 Å². The summed E-state index contributed by atoms with van der Waals surface area (Å²) >= 11 is 0. The van der Waals surface area contributed by atoms with Gasteiger partial charge in [-0.25, -0.2) is 0 Å². The van der Waals surface area contributed by atoms with Gasteiger partial charge in [0.2, 0.25) is 5.91 Å². The molecule has 1 saturated heterocycles. The van der Waals surface area contributed by atoms with E-state index in [-0.39, 0.29) is 0 Å². The van der Waals surface area contributed by atoms with Gasteiger partial charge in [-0.1, -0.05) is 12.1 Å². The number of anilines is 1. The van der Waals surface area contributed by atoms with E-state index in [2.05, 4.69) is 33.3 Å². The summed E-state index contributed by atoms with van der Waals surface area (Å²) in [5.41, 5.74) is 9.05. The van der Waals surface area contributed by atoms with E-state index in [0.29, 0.717) is 18.8 Å². The number of nitrogens with two attached hydrogens (primary N) is 1. The molecule has 0 unspecified atom stereocenters. The summed E-state index contributed by atoms with van der Waals surface area (Å²) in [5, 5.41) is 10.6. The fourth-order valence-electron chi connectivity index (χ4n) is 3.34. The summed E-state index contributed by atoms with van der Waals surface area (Å²) < 4.78 is 5.43. The Balaban J connectivity index is 1.79. The Morgan fingerprint density at radius 1 is 1.15 bits per heavy atom. The molecule has 0 aliphatic carbocycles. The second-order valence-corrected chi connectivity index (χ2v) is 6.46. The SMILES string of the molecule is Cc1ccc(C(N)=O)cc1-c1ccc2c(N3CCOCC3)nncc2c1. The number of fused-ring (bicyclic) bond motifs is 1. The lowest BCUT2D eigenvalue weighted by Gasteiger charge is -2.28. The average molecular weight is 348 g/mol. The van der Waals surface area contributed by atoms with Gasteiger partial charge in [0.05, 0.1) is 19.4 Å². The first-order chi connectivity index (χ1) is 12.6. The third kappa shape index (κ3) is 2.99. The molecule has 1 fully saturated rings. The number of hydrogen-bond acceptors (Lipinski definition) is 5. The Hall–Kier alpha value is -2.99. The second-order valence-electron chi connectivity index (χ2n) is 6.46. The third-order valence-corrected chi connectivity index (χ3v) is 4.79. The maximum atomic E-state index is 11.5. The molecule has 6 heteroatoms. The van der Waals surface area contributed by atoms with Crippen molar-refractivity contribution in [1.82, 2.24) is 10.2 Å². The highest BCUT2D eigenvalue weighted by Crippen LogP contribution is 2.31. The Bertz CT molecular complexity index is 981. The van der Waals surface area contributed by atoms with Crippen LogP contribution in [-0.4, -0.2) is 42.4 Å². The molecule has 0 spiro atoms. The molecular weight excluding hydrogens is 328 g/mol. The molecule has 132 valence electrons. The van der Waals surface area contributed by atoms with Gasteiger partial charge in [-0.05, 0) is 47.9 Å². The van der Waals surface area contributed by atoms with Crippen LogP contribution in [0.15, 0.2) is 42.6 Å². The van der Waals surface area contributed by atoms with Gasteiger partial charge in [0.1, 0.15) is 0 Å². The normalized spacial score (nSPS) is 14.6. The number of aromatic nitrogens is 2. The van der Waals surface area contributed by atoms with Crippen molar-refractivity contribution in [2.45, 2.75) is 6.92 Å². The minimum Gasteiger partial charge on any atom is -0.378 e. The molecule has 0 bridgehead atoms. The molecule has 2 aromatic carbocycles. The molecule has 26 heavy (non-hydrogen) atoms. The zero-order valence-electron chi connectivity index (χ0n) is 14.6. The van der Waals surface area contributed by atoms with E-state index in [1.54, 1.807) is 12.3 Å². The van der Waals surface area contributed by atoms with Gasteiger partial charge in [0.15, 0.2) is 5.82 Å². The molecule has 1 aliphatic rings. The molecule has 2 heterocycles. The number of hydrogen-bond donors (Lipinski definition) is 1. The largest absolute Gasteiger partial charge is 0.378 e. The van der Waals surface area contributed by atoms with Gasteiger partial charge in [0, 0.05) is 29.4 Å². The molecule has 0 atom stereocenters. The van der Waals surface area contributed by atoms with Gasteiger partial charge in [-0.3, -0.25) is 4.79 Å².